The lowest BCUT2D eigenvalue weighted by atomic mass is 10.0. The third-order valence-electron chi connectivity index (χ3n) is 3.23. The number of rotatable bonds is 5. The van der Waals surface area contributed by atoms with Crippen molar-refractivity contribution < 1.29 is 0 Å². The lowest BCUT2D eigenvalue weighted by Crippen LogP contribution is -2.30. The summed E-state index contributed by atoms with van der Waals surface area (Å²) in [5.74, 6) is 5.68. The van der Waals surface area contributed by atoms with Crippen molar-refractivity contribution in [2.45, 2.75) is 25.8 Å². The molecule has 1 atom stereocenters. The normalized spacial score (nSPS) is 12.7. The van der Waals surface area contributed by atoms with Crippen molar-refractivity contribution in [3.8, 4) is 0 Å². The fourth-order valence-electron chi connectivity index (χ4n) is 2.13. The molecule has 2 rings (SSSR count). The average molecular weight is 359 g/mol. The molecule has 2 aromatic heterocycles. The van der Waals surface area contributed by atoms with Crippen molar-refractivity contribution in [3.63, 3.8) is 0 Å². The molecular formula is C13H17BrClN5. The summed E-state index contributed by atoms with van der Waals surface area (Å²) in [4.78, 5) is 4.16. The Morgan fingerprint density at radius 3 is 2.80 bits per heavy atom. The van der Waals surface area contributed by atoms with Crippen LogP contribution in [0.4, 0.5) is 0 Å². The van der Waals surface area contributed by atoms with Gasteiger partial charge in [0, 0.05) is 30.3 Å². The van der Waals surface area contributed by atoms with E-state index in [2.05, 4.69) is 31.4 Å². The Hall–Kier alpha value is -0.950. The minimum atomic E-state index is -0.0717. The largest absolute Gasteiger partial charge is 0.271 e. The molecule has 0 amide bonds. The predicted molar refractivity (Wildman–Crippen MR) is 83.3 cm³/mol. The van der Waals surface area contributed by atoms with Gasteiger partial charge in [-0.2, -0.15) is 5.10 Å². The van der Waals surface area contributed by atoms with Gasteiger partial charge in [-0.25, -0.2) is 0 Å². The molecule has 5 nitrogen and oxygen atoms in total. The highest BCUT2D eigenvalue weighted by atomic mass is 79.9. The van der Waals surface area contributed by atoms with Crippen LogP contribution in [0.25, 0.3) is 0 Å². The molecular weight excluding hydrogens is 342 g/mol. The van der Waals surface area contributed by atoms with E-state index in [0.29, 0.717) is 6.42 Å². The zero-order valence-corrected chi connectivity index (χ0v) is 13.7. The van der Waals surface area contributed by atoms with Crippen LogP contribution in [0.2, 0.25) is 5.02 Å². The van der Waals surface area contributed by atoms with Crippen LogP contribution < -0.4 is 11.3 Å². The Kier molecular flexibility index (Phi) is 5.15. The van der Waals surface area contributed by atoms with Crippen molar-refractivity contribution in [2.24, 2.45) is 12.9 Å². The maximum absolute atomic E-state index is 6.37. The van der Waals surface area contributed by atoms with Crippen molar-refractivity contribution in [1.29, 1.82) is 0 Å². The number of hydrogen-bond acceptors (Lipinski definition) is 4. The second-order valence-corrected chi connectivity index (χ2v) is 5.84. The second-order valence-electron chi connectivity index (χ2n) is 4.54. The van der Waals surface area contributed by atoms with E-state index in [-0.39, 0.29) is 6.04 Å². The van der Waals surface area contributed by atoms with E-state index in [1.165, 1.54) is 0 Å². The minimum absolute atomic E-state index is 0.0717. The van der Waals surface area contributed by atoms with Crippen LogP contribution in [0, 0.1) is 0 Å². The summed E-state index contributed by atoms with van der Waals surface area (Å²) < 4.78 is 2.73. The Morgan fingerprint density at radius 1 is 1.50 bits per heavy atom. The highest BCUT2D eigenvalue weighted by Crippen LogP contribution is 2.26. The number of nitrogens with zero attached hydrogens (tertiary/aromatic N) is 3. The van der Waals surface area contributed by atoms with Crippen LogP contribution >= 0.6 is 27.5 Å². The quantitative estimate of drug-likeness (QED) is 0.636. The molecule has 1 unspecified atom stereocenters. The van der Waals surface area contributed by atoms with E-state index in [9.17, 15) is 0 Å². The first-order valence-electron chi connectivity index (χ1n) is 6.33. The number of hydrogen-bond donors (Lipinski definition) is 2. The summed E-state index contributed by atoms with van der Waals surface area (Å²) in [5, 5.41) is 5.14. The Bertz CT molecular complexity index is 598. The molecule has 2 aromatic rings. The van der Waals surface area contributed by atoms with Crippen LogP contribution in [0.1, 0.15) is 29.9 Å². The number of hydrazine groups is 1. The van der Waals surface area contributed by atoms with Gasteiger partial charge in [-0.3, -0.25) is 20.9 Å². The number of pyridine rings is 1. The van der Waals surface area contributed by atoms with E-state index >= 15 is 0 Å². The van der Waals surface area contributed by atoms with Crippen molar-refractivity contribution in [1.82, 2.24) is 20.2 Å². The molecule has 108 valence electrons. The summed E-state index contributed by atoms with van der Waals surface area (Å²) in [7, 11) is 1.90. The van der Waals surface area contributed by atoms with Crippen molar-refractivity contribution >= 4 is 27.5 Å². The standard InChI is InChI=1S/C13H17BrClN5/c1-3-10-13(15)12(20(2)19-10)5-11(18-16)8-4-9(14)7-17-6-8/h4,6-7,11,18H,3,5,16H2,1-2H3. The molecule has 0 aliphatic carbocycles. The monoisotopic (exact) mass is 357 g/mol. The third-order valence-corrected chi connectivity index (χ3v) is 4.10. The molecule has 3 N–H and O–H groups in total. The van der Waals surface area contributed by atoms with Gasteiger partial charge in [0.2, 0.25) is 0 Å². The van der Waals surface area contributed by atoms with Gasteiger partial charge in [0.15, 0.2) is 0 Å². The van der Waals surface area contributed by atoms with E-state index in [4.69, 9.17) is 17.4 Å². The van der Waals surface area contributed by atoms with Crippen LogP contribution in [0.3, 0.4) is 0 Å². The average Bonchev–Trinajstić information content (AvgIpc) is 2.71. The van der Waals surface area contributed by atoms with E-state index in [1.807, 2.05) is 24.7 Å². The van der Waals surface area contributed by atoms with Crippen LogP contribution in [-0.4, -0.2) is 14.8 Å². The van der Waals surface area contributed by atoms with Gasteiger partial charge >= 0.3 is 0 Å². The van der Waals surface area contributed by atoms with Gasteiger partial charge in [-0.05, 0) is 34.0 Å². The lowest BCUT2D eigenvalue weighted by Gasteiger charge is -2.16. The summed E-state index contributed by atoms with van der Waals surface area (Å²) in [6.45, 7) is 2.04. The van der Waals surface area contributed by atoms with Gasteiger partial charge in [-0.1, -0.05) is 18.5 Å². The van der Waals surface area contributed by atoms with Gasteiger partial charge in [-0.15, -0.1) is 0 Å². The molecule has 0 bridgehead atoms. The maximum Gasteiger partial charge on any atom is 0.0850 e. The Labute approximate surface area is 131 Å². The topological polar surface area (TPSA) is 68.8 Å². The van der Waals surface area contributed by atoms with Crippen LogP contribution in [0.5, 0.6) is 0 Å². The van der Waals surface area contributed by atoms with Crippen molar-refractivity contribution in [3.05, 3.63) is 44.9 Å². The second kappa shape index (κ2) is 6.67. The molecule has 7 heteroatoms. The molecule has 0 radical (unpaired) electrons. The first-order valence-corrected chi connectivity index (χ1v) is 7.50. The number of aromatic nitrogens is 3. The van der Waals surface area contributed by atoms with Gasteiger partial charge in [0.25, 0.3) is 0 Å². The molecule has 0 aliphatic rings. The molecule has 0 spiro atoms. The zero-order chi connectivity index (χ0) is 14.7. The summed E-state index contributed by atoms with van der Waals surface area (Å²) in [6.07, 6.45) is 4.99. The highest BCUT2D eigenvalue weighted by molar-refractivity contribution is 9.10. The Balaban J connectivity index is 2.29. The summed E-state index contributed by atoms with van der Waals surface area (Å²) in [5.41, 5.74) is 5.69. The van der Waals surface area contributed by atoms with Crippen molar-refractivity contribution in [2.75, 3.05) is 0 Å². The van der Waals surface area contributed by atoms with Gasteiger partial charge < -0.3 is 0 Å². The Morgan fingerprint density at radius 2 is 2.25 bits per heavy atom. The SMILES string of the molecule is CCc1nn(C)c(CC(NN)c2cncc(Br)c2)c1Cl. The van der Waals surface area contributed by atoms with Crippen LogP contribution in [0.15, 0.2) is 22.9 Å². The number of aryl methyl sites for hydroxylation is 2. The highest BCUT2D eigenvalue weighted by Gasteiger charge is 2.19. The molecule has 20 heavy (non-hydrogen) atoms. The van der Waals surface area contributed by atoms with Gasteiger partial charge in [0.05, 0.1) is 22.5 Å². The summed E-state index contributed by atoms with van der Waals surface area (Å²) in [6, 6.07) is 1.92. The smallest absolute Gasteiger partial charge is 0.0850 e. The molecule has 0 aliphatic heterocycles. The first-order chi connectivity index (χ1) is 9.56. The fraction of sp³-hybridized carbons (Fsp3) is 0.385. The lowest BCUT2D eigenvalue weighted by molar-refractivity contribution is 0.528. The minimum Gasteiger partial charge on any atom is -0.271 e. The molecule has 0 saturated carbocycles. The number of nitrogens with two attached hydrogens (primary N) is 1. The summed E-state index contributed by atoms with van der Waals surface area (Å²) >= 11 is 9.79. The maximum atomic E-state index is 6.37. The number of nitrogens with one attached hydrogen (secondary N) is 1. The third kappa shape index (κ3) is 3.20. The molecule has 0 fully saturated rings. The molecule has 0 saturated heterocycles. The first kappa shape index (κ1) is 15.4. The van der Waals surface area contributed by atoms with Crippen LogP contribution in [-0.2, 0) is 19.9 Å². The van der Waals surface area contributed by atoms with E-state index in [0.717, 1.165) is 32.9 Å². The molecule has 2 heterocycles. The fourth-order valence-corrected chi connectivity index (χ4v) is 2.88. The van der Waals surface area contributed by atoms with E-state index < -0.39 is 0 Å². The molecule has 0 aromatic carbocycles. The van der Waals surface area contributed by atoms with E-state index in [1.54, 1.807) is 12.4 Å². The zero-order valence-electron chi connectivity index (χ0n) is 11.4. The number of halogens is 2. The van der Waals surface area contributed by atoms with Gasteiger partial charge in [0.1, 0.15) is 0 Å². The predicted octanol–water partition coefficient (Wildman–Crippen LogP) is 2.54.